The van der Waals surface area contributed by atoms with Gasteiger partial charge >= 0.3 is 0 Å². The standard InChI is InChI=1S/C19H22F2N2O2S/c1-22(2)12-14-10-11-23(13-14)26(24,25)16-8-6-15(7-9-16)17-4-3-5-18(20)19(17)21/h3-9,14H,10-13H2,1-2H3. The van der Waals surface area contributed by atoms with E-state index < -0.39 is 21.7 Å². The summed E-state index contributed by atoms with van der Waals surface area (Å²) in [5.74, 6) is -1.54. The molecule has 0 radical (unpaired) electrons. The van der Waals surface area contributed by atoms with Gasteiger partial charge in [0, 0.05) is 25.2 Å². The van der Waals surface area contributed by atoms with Crippen molar-refractivity contribution in [3.8, 4) is 11.1 Å². The van der Waals surface area contributed by atoms with E-state index in [1.54, 1.807) is 0 Å². The summed E-state index contributed by atoms with van der Waals surface area (Å²) in [4.78, 5) is 2.23. The van der Waals surface area contributed by atoms with Gasteiger partial charge in [0.1, 0.15) is 0 Å². The third-order valence-corrected chi connectivity index (χ3v) is 6.51. The first-order chi connectivity index (χ1) is 12.3. The number of halogens is 2. The normalized spacial score (nSPS) is 18.6. The highest BCUT2D eigenvalue weighted by Crippen LogP contribution is 2.28. The summed E-state index contributed by atoms with van der Waals surface area (Å²) in [6.45, 7) is 1.85. The van der Waals surface area contributed by atoms with Gasteiger partial charge in [0.25, 0.3) is 0 Å². The van der Waals surface area contributed by atoms with E-state index in [-0.39, 0.29) is 10.5 Å². The fourth-order valence-corrected chi connectivity index (χ4v) is 4.89. The molecule has 7 heteroatoms. The summed E-state index contributed by atoms with van der Waals surface area (Å²) in [5.41, 5.74) is 0.550. The molecule has 1 heterocycles. The Labute approximate surface area is 153 Å². The quantitative estimate of drug-likeness (QED) is 0.800. The Morgan fingerprint density at radius 3 is 2.46 bits per heavy atom. The van der Waals surface area contributed by atoms with Crippen LogP contribution in [0, 0.1) is 17.6 Å². The van der Waals surface area contributed by atoms with Gasteiger partial charge in [0.15, 0.2) is 11.6 Å². The van der Waals surface area contributed by atoms with Gasteiger partial charge < -0.3 is 4.90 Å². The number of rotatable bonds is 5. The van der Waals surface area contributed by atoms with E-state index in [9.17, 15) is 17.2 Å². The summed E-state index contributed by atoms with van der Waals surface area (Å²) < 4.78 is 54.4. The maximum atomic E-state index is 13.9. The first kappa shape index (κ1) is 18.9. The molecule has 0 amide bonds. The Morgan fingerprint density at radius 2 is 1.81 bits per heavy atom. The van der Waals surface area contributed by atoms with Crippen molar-refractivity contribution in [3.05, 3.63) is 54.1 Å². The van der Waals surface area contributed by atoms with E-state index >= 15 is 0 Å². The lowest BCUT2D eigenvalue weighted by atomic mass is 10.1. The van der Waals surface area contributed by atoms with Crippen LogP contribution in [0.5, 0.6) is 0 Å². The molecule has 1 fully saturated rings. The van der Waals surface area contributed by atoms with Gasteiger partial charge in [-0.05, 0) is 50.2 Å². The predicted molar refractivity (Wildman–Crippen MR) is 97.2 cm³/mol. The Bertz CT molecular complexity index is 883. The van der Waals surface area contributed by atoms with Crippen molar-refractivity contribution in [1.82, 2.24) is 9.21 Å². The lowest BCUT2D eigenvalue weighted by Crippen LogP contribution is -2.30. The van der Waals surface area contributed by atoms with Crippen LogP contribution in [0.3, 0.4) is 0 Å². The van der Waals surface area contributed by atoms with Crippen LogP contribution in [-0.4, -0.2) is 51.4 Å². The van der Waals surface area contributed by atoms with Gasteiger partial charge in [0.05, 0.1) is 4.90 Å². The molecule has 1 atom stereocenters. The van der Waals surface area contributed by atoms with Crippen LogP contribution in [-0.2, 0) is 10.0 Å². The van der Waals surface area contributed by atoms with Crippen LogP contribution in [0.2, 0.25) is 0 Å². The summed E-state index contributed by atoms with van der Waals surface area (Å²) in [6.07, 6.45) is 0.837. The molecule has 1 aliphatic rings. The zero-order chi connectivity index (χ0) is 18.9. The van der Waals surface area contributed by atoms with E-state index in [2.05, 4.69) is 4.90 Å². The number of nitrogens with zero attached hydrogens (tertiary/aromatic N) is 2. The van der Waals surface area contributed by atoms with Crippen molar-refractivity contribution in [2.75, 3.05) is 33.7 Å². The van der Waals surface area contributed by atoms with Crippen molar-refractivity contribution < 1.29 is 17.2 Å². The van der Waals surface area contributed by atoms with Gasteiger partial charge in [-0.15, -0.1) is 0 Å². The zero-order valence-electron chi connectivity index (χ0n) is 14.8. The summed E-state index contributed by atoms with van der Waals surface area (Å²) in [5, 5.41) is 0. The molecule has 4 nitrogen and oxygen atoms in total. The Kier molecular flexibility index (Phi) is 5.41. The molecule has 1 unspecified atom stereocenters. The fraction of sp³-hybridized carbons (Fsp3) is 0.368. The second-order valence-electron chi connectivity index (χ2n) is 6.91. The summed E-state index contributed by atoms with van der Waals surface area (Å²) in [7, 11) is 0.370. The second-order valence-corrected chi connectivity index (χ2v) is 8.84. The molecule has 0 bridgehead atoms. The van der Waals surface area contributed by atoms with Gasteiger partial charge in [0.2, 0.25) is 10.0 Å². The highest BCUT2D eigenvalue weighted by Gasteiger charge is 2.32. The lowest BCUT2D eigenvalue weighted by Gasteiger charge is -2.18. The van der Waals surface area contributed by atoms with Gasteiger partial charge in [-0.3, -0.25) is 0 Å². The predicted octanol–water partition coefficient (Wildman–Crippen LogP) is 3.20. The zero-order valence-corrected chi connectivity index (χ0v) is 15.6. The van der Waals surface area contributed by atoms with Crippen LogP contribution in [0.1, 0.15) is 6.42 Å². The lowest BCUT2D eigenvalue weighted by molar-refractivity contribution is 0.329. The Morgan fingerprint density at radius 1 is 1.12 bits per heavy atom. The highest BCUT2D eigenvalue weighted by atomic mass is 32.2. The molecule has 0 aromatic heterocycles. The van der Waals surface area contributed by atoms with Crippen molar-refractivity contribution in [1.29, 1.82) is 0 Å². The van der Waals surface area contributed by atoms with E-state index in [0.717, 1.165) is 19.0 Å². The molecule has 1 saturated heterocycles. The molecule has 140 valence electrons. The largest absolute Gasteiger partial charge is 0.309 e. The molecule has 0 N–H and O–H groups in total. The molecule has 2 aromatic carbocycles. The average molecular weight is 380 g/mol. The third kappa shape index (κ3) is 3.79. The molecule has 3 rings (SSSR count). The highest BCUT2D eigenvalue weighted by molar-refractivity contribution is 7.89. The number of hydrogen-bond donors (Lipinski definition) is 0. The van der Waals surface area contributed by atoms with Gasteiger partial charge in [-0.1, -0.05) is 24.3 Å². The van der Waals surface area contributed by atoms with E-state index in [0.29, 0.717) is 24.6 Å². The molecular formula is C19H22F2N2O2S. The van der Waals surface area contributed by atoms with Crippen molar-refractivity contribution in [2.45, 2.75) is 11.3 Å². The van der Waals surface area contributed by atoms with E-state index in [4.69, 9.17) is 0 Å². The Hall–Kier alpha value is -1.83. The van der Waals surface area contributed by atoms with E-state index in [1.165, 1.54) is 40.7 Å². The van der Waals surface area contributed by atoms with Gasteiger partial charge in [-0.25, -0.2) is 17.2 Å². The third-order valence-electron chi connectivity index (χ3n) is 4.63. The smallest absolute Gasteiger partial charge is 0.243 e. The summed E-state index contributed by atoms with van der Waals surface area (Å²) in [6, 6.07) is 9.87. The van der Waals surface area contributed by atoms with Crippen LogP contribution >= 0.6 is 0 Å². The van der Waals surface area contributed by atoms with E-state index in [1.807, 2.05) is 14.1 Å². The van der Waals surface area contributed by atoms with Crippen molar-refractivity contribution in [2.24, 2.45) is 5.92 Å². The van der Waals surface area contributed by atoms with Crippen LogP contribution in [0.25, 0.3) is 11.1 Å². The minimum Gasteiger partial charge on any atom is -0.309 e. The maximum Gasteiger partial charge on any atom is 0.243 e. The molecule has 1 aliphatic heterocycles. The Balaban J connectivity index is 1.81. The van der Waals surface area contributed by atoms with Crippen LogP contribution in [0.4, 0.5) is 8.78 Å². The maximum absolute atomic E-state index is 13.9. The number of hydrogen-bond acceptors (Lipinski definition) is 3. The van der Waals surface area contributed by atoms with Crippen molar-refractivity contribution >= 4 is 10.0 Å². The van der Waals surface area contributed by atoms with Crippen LogP contribution < -0.4 is 0 Å². The van der Waals surface area contributed by atoms with Crippen LogP contribution in [0.15, 0.2) is 47.4 Å². The number of benzene rings is 2. The fourth-order valence-electron chi connectivity index (χ4n) is 3.36. The first-order valence-corrected chi connectivity index (χ1v) is 9.92. The molecular weight excluding hydrogens is 358 g/mol. The topological polar surface area (TPSA) is 40.6 Å². The molecule has 26 heavy (non-hydrogen) atoms. The SMILES string of the molecule is CN(C)CC1CCN(S(=O)(=O)c2ccc(-c3cccc(F)c3F)cc2)C1. The minimum atomic E-state index is -3.58. The van der Waals surface area contributed by atoms with Gasteiger partial charge in [-0.2, -0.15) is 4.31 Å². The minimum absolute atomic E-state index is 0.112. The van der Waals surface area contributed by atoms with Crippen molar-refractivity contribution in [3.63, 3.8) is 0 Å². The first-order valence-electron chi connectivity index (χ1n) is 8.48. The number of sulfonamides is 1. The second kappa shape index (κ2) is 7.42. The summed E-state index contributed by atoms with van der Waals surface area (Å²) >= 11 is 0. The monoisotopic (exact) mass is 380 g/mol. The molecule has 0 saturated carbocycles. The molecule has 0 spiro atoms. The average Bonchev–Trinajstić information content (AvgIpc) is 3.06. The molecule has 0 aliphatic carbocycles. The molecule has 2 aromatic rings.